The highest BCUT2D eigenvalue weighted by Gasteiger charge is 2.30. The van der Waals surface area contributed by atoms with Crippen molar-refractivity contribution in [3.63, 3.8) is 0 Å². The minimum Gasteiger partial charge on any atom is -0.343 e. The van der Waals surface area contributed by atoms with Gasteiger partial charge in [-0.2, -0.15) is 23.5 Å². The Balaban J connectivity index is 1.74. The first-order valence-electron chi connectivity index (χ1n) is 12.1. The van der Waals surface area contributed by atoms with Crippen LogP contribution in [0.3, 0.4) is 0 Å². The highest BCUT2D eigenvalue weighted by Crippen LogP contribution is 2.16. The van der Waals surface area contributed by atoms with Gasteiger partial charge in [0.25, 0.3) is 5.91 Å². The van der Waals surface area contributed by atoms with E-state index in [1.54, 1.807) is 66.3 Å². The molecule has 3 N–H and O–H groups in total. The van der Waals surface area contributed by atoms with Gasteiger partial charge in [0.2, 0.25) is 17.6 Å². The van der Waals surface area contributed by atoms with Crippen LogP contribution in [0.2, 0.25) is 0 Å². The molecule has 3 rings (SSSR count). The van der Waals surface area contributed by atoms with Crippen molar-refractivity contribution in [2.24, 2.45) is 0 Å². The van der Waals surface area contributed by atoms with Crippen molar-refractivity contribution in [1.29, 1.82) is 0 Å². The molecule has 0 aliphatic carbocycles. The SMILES string of the molecule is CCC1NC(=O)[C@@H](NC(=O)c2ccccc2)CSCCCCCSCC(C(=O)c2nccs2)NC1=O. The molecule has 1 aromatic carbocycles. The molecule has 11 heteroatoms. The molecule has 0 spiro atoms. The molecule has 2 heterocycles. The normalized spacial score (nSPS) is 22.8. The van der Waals surface area contributed by atoms with E-state index in [-0.39, 0.29) is 11.7 Å². The number of Topliss-reactive ketones (excluding diaryl/α,β-unsaturated/α-hetero) is 1. The van der Waals surface area contributed by atoms with Gasteiger partial charge in [-0.05, 0) is 42.9 Å². The van der Waals surface area contributed by atoms with Gasteiger partial charge in [0.15, 0.2) is 5.01 Å². The lowest BCUT2D eigenvalue weighted by atomic mass is 10.1. The van der Waals surface area contributed by atoms with Gasteiger partial charge in [0, 0.05) is 28.6 Å². The van der Waals surface area contributed by atoms with E-state index < -0.39 is 29.9 Å². The van der Waals surface area contributed by atoms with E-state index in [4.69, 9.17) is 0 Å². The molecule has 3 atom stereocenters. The van der Waals surface area contributed by atoms with Crippen molar-refractivity contribution in [3.8, 4) is 0 Å². The van der Waals surface area contributed by atoms with Crippen LogP contribution in [0.1, 0.15) is 52.8 Å². The number of carbonyl (C=O) groups is 4. The van der Waals surface area contributed by atoms with E-state index >= 15 is 0 Å². The van der Waals surface area contributed by atoms with Crippen molar-refractivity contribution in [3.05, 3.63) is 52.5 Å². The highest BCUT2D eigenvalue weighted by molar-refractivity contribution is 7.99. The molecule has 0 bridgehead atoms. The van der Waals surface area contributed by atoms with Crippen molar-refractivity contribution in [2.45, 2.75) is 50.7 Å². The molecule has 1 aliphatic rings. The van der Waals surface area contributed by atoms with Gasteiger partial charge in [-0.15, -0.1) is 11.3 Å². The predicted molar refractivity (Wildman–Crippen MR) is 147 cm³/mol. The van der Waals surface area contributed by atoms with Crippen LogP contribution < -0.4 is 16.0 Å². The van der Waals surface area contributed by atoms with E-state index in [0.29, 0.717) is 28.5 Å². The molecule has 2 aromatic rings. The Labute approximate surface area is 224 Å². The third kappa shape index (κ3) is 8.63. The molecular weight excluding hydrogens is 517 g/mol. The Hall–Kier alpha value is -2.37. The Kier molecular flexibility index (Phi) is 11.8. The zero-order valence-electron chi connectivity index (χ0n) is 20.2. The van der Waals surface area contributed by atoms with Crippen LogP contribution in [0, 0.1) is 0 Å². The largest absolute Gasteiger partial charge is 0.343 e. The van der Waals surface area contributed by atoms with Gasteiger partial charge in [-0.1, -0.05) is 31.5 Å². The molecule has 1 aliphatic heterocycles. The van der Waals surface area contributed by atoms with E-state index in [1.807, 2.05) is 6.07 Å². The second-order valence-corrected chi connectivity index (χ2v) is 11.5. The highest BCUT2D eigenvalue weighted by atomic mass is 32.2. The van der Waals surface area contributed by atoms with Crippen LogP contribution in [0.4, 0.5) is 0 Å². The number of hydrogen-bond acceptors (Lipinski definition) is 8. The molecule has 8 nitrogen and oxygen atoms in total. The maximum Gasteiger partial charge on any atom is 0.251 e. The number of aromatic nitrogens is 1. The van der Waals surface area contributed by atoms with Crippen LogP contribution in [0.25, 0.3) is 0 Å². The van der Waals surface area contributed by atoms with Crippen LogP contribution >= 0.6 is 34.9 Å². The molecule has 1 fully saturated rings. The number of thiazole rings is 1. The maximum absolute atomic E-state index is 13.2. The van der Waals surface area contributed by atoms with Crippen molar-refractivity contribution in [1.82, 2.24) is 20.9 Å². The molecule has 1 saturated heterocycles. The standard InChI is InChI=1S/C25H32N4O4S3/c1-2-18-23(32)28-19(21(30)25-26-11-14-36-25)15-34-12-7-4-8-13-35-16-20(24(33)27-18)29-22(31)17-9-5-3-6-10-17/h3,5-6,9-11,14,18-20H,2,4,7-8,12-13,15-16H2,1H3,(H,27,33)(H,28,32)(H,29,31)/t18?,19?,20-/m0/s1. The Morgan fingerprint density at radius 1 is 1.00 bits per heavy atom. The lowest BCUT2D eigenvalue weighted by Crippen LogP contribution is -2.56. The van der Waals surface area contributed by atoms with Crippen molar-refractivity contribution in [2.75, 3.05) is 23.0 Å². The summed E-state index contributed by atoms with van der Waals surface area (Å²) in [7, 11) is 0. The number of ketones is 1. The summed E-state index contributed by atoms with van der Waals surface area (Å²) in [6.07, 6.45) is 4.95. The topological polar surface area (TPSA) is 117 Å². The zero-order chi connectivity index (χ0) is 25.8. The molecule has 194 valence electrons. The Morgan fingerprint density at radius 3 is 2.39 bits per heavy atom. The fraction of sp³-hybridized carbons (Fsp3) is 0.480. The second kappa shape index (κ2) is 15.0. The van der Waals surface area contributed by atoms with Crippen LogP contribution in [-0.2, 0) is 9.59 Å². The van der Waals surface area contributed by atoms with Gasteiger partial charge in [0.05, 0.1) is 0 Å². The number of amides is 3. The van der Waals surface area contributed by atoms with Crippen LogP contribution in [0.5, 0.6) is 0 Å². The minimum atomic E-state index is -0.830. The van der Waals surface area contributed by atoms with E-state index in [9.17, 15) is 19.2 Å². The third-order valence-electron chi connectivity index (χ3n) is 5.62. The summed E-state index contributed by atoms with van der Waals surface area (Å²) in [5.41, 5.74) is 0.466. The van der Waals surface area contributed by atoms with Gasteiger partial charge in [-0.3, -0.25) is 19.2 Å². The molecule has 36 heavy (non-hydrogen) atoms. The first kappa shape index (κ1) is 28.2. The van der Waals surface area contributed by atoms with Crippen LogP contribution in [0.15, 0.2) is 41.9 Å². The summed E-state index contributed by atoms with van der Waals surface area (Å²) in [5.74, 6) is 1.21. The molecule has 0 saturated carbocycles. The number of nitrogens with one attached hydrogen (secondary N) is 3. The first-order valence-corrected chi connectivity index (χ1v) is 15.2. The number of benzene rings is 1. The van der Waals surface area contributed by atoms with Gasteiger partial charge in [0.1, 0.15) is 18.1 Å². The van der Waals surface area contributed by atoms with Gasteiger partial charge in [-0.25, -0.2) is 4.98 Å². The first-order chi connectivity index (χ1) is 17.5. The maximum atomic E-state index is 13.2. The van der Waals surface area contributed by atoms with E-state index in [1.165, 1.54) is 11.3 Å². The summed E-state index contributed by atoms with van der Waals surface area (Å²) < 4.78 is 0. The number of carbonyl (C=O) groups excluding carboxylic acids is 4. The van der Waals surface area contributed by atoms with E-state index in [2.05, 4.69) is 20.9 Å². The van der Waals surface area contributed by atoms with Gasteiger partial charge >= 0.3 is 0 Å². The summed E-state index contributed by atoms with van der Waals surface area (Å²) >= 11 is 4.50. The quantitative estimate of drug-likeness (QED) is 0.492. The zero-order valence-corrected chi connectivity index (χ0v) is 22.7. The fourth-order valence-corrected chi connectivity index (χ4v) is 6.30. The second-order valence-electron chi connectivity index (χ2n) is 8.33. The number of thioether (sulfide) groups is 2. The summed E-state index contributed by atoms with van der Waals surface area (Å²) in [5, 5.41) is 10.5. The van der Waals surface area contributed by atoms with Crippen LogP contribution in [-0.4, -0.2) is 69.6 Å². The average Bonchev–Trinajstić information content (AvgIpc) is 3.43. The molecule has 1 aromatic heterocycles. The van der Waals surface area contributed by atoms with Crippen molar-refractivity contribution >= 4 is 58.4 Å². The predicted octanol–water partition coefficient (Wildman–Crippen LogP) is 3.15. The lowest BCUT2D eigenvalue weighted by Gasteiger charge is -2.24. The average molecular weight is 549 g/mol. The smallest absolute Gasteiger partial charge is 0.251 e. The molecule has 0 radical (unpaired) electrons. The lowest BCUT2D eigenvalue weighted by molar-refractivity contribution is -0.129. The summed E-state index contributed by atoms with van der Waals surface area (Å²) in [6.45, 7) is 1.79. The van der Waals surface area contributed by atoms with Crippen molar-refractivity contribution < 1.29 is 19.2 Å². The fourth-order valence-electron chi connectivity index (χ4n) is 3.58. The number of nitrogens with zero attached hydrogens (tertiary/aromatic N) is 1. The van der Waals surface area contributed by atoms with Gasteiger partial charge < -0.3 is 16.0 Å². The Bertz CT molecular complexity index is 1000. The summed E-state index contributed by atoms with van der Waals surface area (Å²) in [4.78, 5) is 56.2. The summed E-state index contributed by atoms with van der Waals surface area (Å²) in [6, 6.07) is 6.39. The molecule has 2 unspecified atom stereocenters. The monoisotopic (exact) mass is 548 g/mol. The minimum absolute atomic E-state index is 0.224. The molecule has 3 amide bonds. The number of hydrogen-bond donors (Lipinski definition) is 3. The van der Waals surface area contributed by atoms with E-state index in [0.717, 1.165) is 30.8 Å². The Morgan fingerprint density at radius 2 is 1.72 bits per heavy atom. The number of rotatable bonds is 5. The third-order valence-corrected chi connectivity index (χ3v) is 8.70. The molecular formula is C25H32N4O4S3.